The van der Waals surface area contributed by atoms with Gasteiger partial charge in [0.2, 0.25) is 0 Å². The molecule has 0 fully saturated rings. The molecule has 0 aliphatic heterocycles. The molecule has 0 saturated heterocycles. The summed E-state index contributed by atoms with van der Waals surface area (Å²) in [4.78, 5) is 22.4. The van der Waals surface area contributed by atoms with Crippen LogP contribution >= 0.6 is 0 Å². The number of urea groups is 1. The molecule has 0 radical (unpaired) electrons. The van der Waals surface area contributed by atoms with Crippen LogP contribution in [0.5, 0.6) is 0 Å². The number of rotatable bonds is 8. The van der Waals surface area contributed by atoms with Gasteiger partial charge in [-0.05, 0) is 31.1 Å². The predicted octanol–water partition coefficient (Wildman–Crippen LogP) is 2.22. The van der Waals surface area contributed by atoms with E-state index in [1.165, 1.54) is 0 Å². The number of nitrogens with one attached hydrogen (secondary N) is 2. The van der Waals surface area contributed by atoms with Gasteiger partial charge in [0.05, 0.1) is 0 Å². The third-order valence-electron chi connectivity index (χ3n) is 2.55. The Labute approximate surface area is 109 Å². The number of hydrogen-bond acceptors (Lipinski definition) is 2. The molecule has 0 aromatic rings. The van der Waals surface area contributed by atoms with Gasteiger partial charge in [-0.15, -0.1) is 0 Å². The molecule has 0 aromatic heterocycles. The van der Waals surface area contributed by atoms with Crippen LogP contribution in [0.1, 0.15) is 47.0 Å². The Kier molecular flexibility index (Phi) is 8.16. The van der Waals surface area contributed by atoms with Crippen LogP contribution in [0.4, 0.5) is 4.79 Å². The van der Waals surface area contributed by atoms with Crippen molar-refractivity contribution in [2.45, 2.75) is 53.0 Å². The summed E-state index contributed by atoms with van der Waals surface area (Å²) in [5.41, 5.74) is 0. The Hall–Kier alpha value is -1.26. The normalized spacial score (nSPS) is 12.6. The molecule has 2 amide bonds. The maximum absolute atomic E-state index is 11.5. The maximum Gasteiger partial charge on any atom is 0.326 e. The van der Waals surface area contributed by atoms with E-state index in [-0.39, 0.29) is 5.92 Å². The SMILES string of the molecule is CC(C)CCCNC(=O)NC(CC(C)C)C(=O)O. The van der Waals surface area contributed by atoms with Crippen molar-refractivity contribution in [3.05, 3.63) is 0 Å². The first kappa shape index (κ1) is 16.7. The largest absolute Gasteiger partial charge is 0.480 e. The summed E-state index contributed by atoms with van der Waals surface area (Å²) in [7, 11) is 0. The van der Waals surface area contributed by atoms with E-state index in [4.69, 9.17) is 5.11 Å². The zero-order valence-electron chi connectivity index (χ0n) is 11.8. The van der Waals surface area contributed by atoms with Crippen molar-refractivity contribution < 1.29 is 14.7 Å². The van der Waals surface area contributed by atoms with E-state index in [9.17, 15) is 9.59 Å². The van der Waals surface area contributed by atoms with Gasteiger partial charge in [-0.2, -0.15) is 0 Å². The number of carboxylic acid groups (broad SMARTS) is 1. The molecule has 0 aliphatic carbocycles. The van der Waals surface area contributed by atoms with Crippen molar-refractivity contribution in [3.63, 3.8) is 0 Å². The zero-order chi connectivity index (χ0) is 14.1. The van der Waals surface area contributed by atoms with E-state index in [1.807, 2.05) is 13.8 Å². The maximum atomic E-state index is 11.5. The summed E-state index contributed by atoms with van der Waals surface area (Å²) in [6.07, 6.45) is 2.40. The molecule has 5 nitrogen and oxygen atoms in total. The van der Waals surface area contributed by atoms with Crippen LogP contribution in [0.3, 0.4) is 0 Å². The smallest absolute Gasteiger partial charge is 0.326 e. The van der Waals surface area contributed by atoms with Crippen LogP contribution in [-0.4, -0.2) is 29.7 Å². The third-order valence-corrected chi connectivity index (χ3v) is 2.55. The van der Waals surface area contributed by atoms with Crippen molar-refractivity contribution in [2.24, 2.45) is 11.8 Å². The number of carbonyl (C=O) groups is 2. The highest BCUT2D eigenvalue weighted by Gasteiger charge is 2.20. The Morgan fingerprint density at radius 2 is 1.72 bits per heavy atom. The number of amides is 2. The number of hydrogen-bond donors (Lipinski definition) is 3. The van der Waals surface area contributed by atoms with Crippen molar-refractivity contribution in [1.82, 2.24) is 10.6 Å². The van der Waals surface area contributed by atoms with E-state index < -0.39 is 18.0 Å². The molecule has 5 heteroatoms. The predicted molar refractivity (Wildman–Crippen MR) is 71.5 cm³/mol. The molecule has 3 N–H and O–H groups in total. The number of carbonyl (C=O) groups excluding carboxylic acids is 1. The van der Waals surface area contributed by atoms with Gasteiger partial charge < -0.3 is 15.7 Å². The van der Waals surface area contributed by atoms with Crippen LogP contribution in [0, 0.1) is 11.8 Å². The molecule has 0 saturated carbocycles. The van der Waals surface area contributed by atoms with Crippen molar-refractivity contribution in [1.29, 1.82) is 0 Å². The lowest BCUT2D eigenvalue weighted by molar-refractivity contribution is -0.139. The molecular formula is C13H26N2O3. The first-order valence-corrected chi connectivity index (χ1v) is 6.60. The second kappa shape index (κ2) is 8.78. The van der Waals surface area contributed by atoms with E-state index in [0.29, 0.717) is 18.9 Å². The molecule has 0 bridgehead atoms. The van der Waals surface area contributed by atoms with Crippen LogP contribution in [0.2, 0.25) is 0 Å². The minimum atomic E-state index is -0.985. The Morgan fingerprint density at radius 3 is 2.17 bits per heavy atom. The second-order valence-electron chi connectivity index (χ2n) is 5.46. The highest BCUT2D eigenvalue weighted by Crippen LogP contribution is 2.05. The van der Waals surface area contributed by atoms with Gasteiger partial charge in [-0.25, -0.2) is 9.59 Å². The molecule has 0 aromatic carbocycles. The van der Waals surface area contributed by atoms with Gasteiger partial charge in [0.1, 0.15) is 6.04 Å². The van der Waals surface area contributed by atoms with Crippen molar-refractivity contribution >= 4 is 12.0 Å². The third kappa shape index (κ3) is 8.84. The van der Waals surface area contributed by atoms with Crippen LogP contribution < -0.4 is 10.6 Å². The average molecular weight is 258 g/mol. The summed E-state index contributed by atoms with van der Waals surface area (Å²) in [6.45, 7) is 8.70. The van der Waals surface area contributed by atoms with Gasteiger partial charge in [0, 0.05) is 6.54 Å². The van der Waals surface area contributed by atoms with Gasteiger partial charge >= 0.3 is 12.0 Å². The van der Waals surface area contributed by atoms with Crippen LogP contribution in [0.15, 0.2) is 0 Å². The minimum Gasteiger partial charge on any atom is -0.480 e. The first-order valence-electron chi connectivity index (χ1n) is 6.60. The van der Waals surface area contributed by atoms with Crippen molar-refractivity contribution in [2.75, 3.05) is 6.54 Å². The standard InChI is InChI=1S/C13H26N2O3/c1-9(2)6-5-7-14-13(18)15-11(12(16)17)8-10(3)4/h9-11H,5-8H2,1-4H3,(H,16,17)(H2,14,15,18). The molecule has 0 heterocycles. The molecule has 18 heavy (non-hydrogen) atoms. The zero-order valence-corrected chi connectivity index (χ0v) is 11.8. The van der Waals surface area contributed by atoms with Gasteiger partial charge in [0.25, 0.3) is 0 Å². The van der Waals surface area contributed by atoms with Crippen LogP contribution in [0.25, 0.3) is 0 Å². The first-order chi connectivity index (χ1) is 8.32. The minimum absolute atomic E-state index is 0.229. The van der Waals surface area contributed by atoms with Crippen molar-refractivity contribution in [3.8, 4) is 0 Å². The fourth-order valence-electron chi connectivity index (χ4n) is 1.61. The van der Waals surface area contributed by atoms with Gasteiger partial charge in [-0.3, -0.25) is 0 Å². The molecule has 0 aliphatic rings. The highest BCUT2D eigenvalue weighted by atomic mass is 16.4. The molecule has 0 rings (SSSR count). The summed E-state index contributed by atoms with van der Waals surface area (Å²) in [5.74, 6) is -0.143. The van der Waals surface area contributed by atoms with Gasteiger partial charge in [0.15, 0.2) is 0 Å². The van der Waals surface area contributed by atoms with E-state index in [1.54, 1.807) is 0 Å². The topological polar surface area (TPSA) is 78.4 Å². The quantitative estimate of drug-likeness (QED) is 0.584. The fraction of sp³-hybridized carbons (Fsp3) is 0.846. The molecule has 1 unspecified atom stereocenters. The lowest BCUT2D eigenvalue weighted by atomic mass is 10.0. The van der Waals surface area contributed by atoms with E-state index in [2.05, 4.69) is 24.5 Å². The number of aliphatic carboxylic acids is 1. The molecule has 1 atom stereocenters. The Balaban J connectivity index is 3.92. The lowest BCUT2D eigenvalue weighted by Gasteiger charge is -2.17. The lowest BCUT2D eigenvalue weighted by Crippen LogP contribution is -2.46. The molecule has 0 spiro atoms. The van der Waals surface area contributed by atoms with E-state index in [0.717, 1.165) is 12.8 Å². The summed E-state index contributed by atoms with van der Waals surface area (Å²) < 4.78 is 0. The Bertz CT molecular complexity index is 265. The summed E-state index contributed by atoms with van der Waals surface area (Å²) in [5, 5.41) is 14.1. The highest BCUT2D eigenvalue weighted by molar-refractivity contribution is 5.82. The van der Waals surface area contributed by atoms with Gasteiger partial charge in [-0.1, -0.05) is 27.7 Å². The second-order valence-corrected chi connectivity index (χ2v) is 5.46. The molecule has 106 valence electrons. The summed E-state index contributed by atoms with van der Waals surface area (Å²) in [6, 6.07) is -1.21. The Morgan fingerprint density at radius 1 is 1.11 bits per heavy atom. The molecular weight excluding hydrogens is 232 g/mol. The monoisotopic (exact) mass is 258 g/mol. The fourth-order valence-corrected chi connectivity index (χ4v) is 1.61. The number of carboxylic acids is 1. The van der Waals surface area contributed by atoms with Crippen LogP contribution in [-0.2, 0) is 4.79 Å². The average Bonchev–Trinajstić information content (AvgIpc) is 2.22. The van der Waals surface area contributed by atoms with E-state index >= 15 is 0 Å². The summed E-state index contributed by atoms with van der Waals surface area (Å²) >= 11 is 0.